The molecule has 1 amide bonds. The Hall–Kier alpha value is -1.45. The van der Waals surface area contributed by atoms with Crippen molar-refractivity contribution in [2.45, 2.75) is 45.1 Å². The van der Waals surface area contributed by atoms with Crippen molar-refractivity contribution >= 4 is 5.91 Å². The molecule has 0 unspecified atom stereocenters. The van der Waals surface area contributed by atoms with Crippen molar-refractivity contribution in [1.82, 2.24) is 15.5 Å². The highest BCUT2D eigenvalue weighted by molar-refractivity contribution is 5.92. The van der Waals surface area contributed by atoms with Crippen LogP contribution < -0.4 is 5.32 Å². The van der Waals surface area contributed by atoms with Crippen molar-refractivity contribution in [3.8, 4) is 0 Å². The van der Waals surface area contributed by atoms with Gasteiger partial charge in [0.15, 0.2) is 5.69 Å². The number of carbonyl (C=O) groups excluding carboxylic acids is 1. The summed E-state index contributed by atoms with van der Waals surface area (Å²) in [6, 6.07) is 3.85. The summed E-state index contributed by atoms with van der Waals surface area (Å²) in [7, 11) is 0. The van der Waals surface area contributed by atoms with E-state index in [2.05, 4.69) is 15.5 Å². The lowest BCUT2D eigenvalue weighted by Gasteiger charge is -2.22. The number of hydrogen-bond donors (Lipinski definition) is 1. The largest absolute Gasteiger partial charge is 0.348 e. The number of amides is 1. The first-order chi connectivity index (χ1) is 7.75. The van der Waals surface area contributed by atoms with Crippen molar-refractivity contribution in [2.75, 3.05) is 0 Å². The number of carbonyl (C=O) groups is 1. The minimum Gasteiger partial charge on any atom is -0.348 e. The van der Waals surface area contributed by atoms with Gasteiger partial charge in [-0.05, 0) is 31.9 Å². The number of nitrogens with one attached hydrogen (secondary N) is 1. The molecule has 0 radical (unpaired) electrons. The van der Waals surface area contributed by atoms with Gasteiger partial charge in [-0.1, -0.05) is 19.3 Å². The van der Waals surface area contributed by atoms with Gasteiger partial charge in [-0.2, -0.15) is 5.10 Å². The van der Waals surface area contributed by atoms with Crippen LogP contribution in [0.25, 0.3) is 0 Å². The monoisotopic (exact) mass is 219 g/mol. The van der Waals surface area contributed by atoms with Gasteiger partial charge < -0.3 is 5.32 Å². The quantitative estimate of drug-likeness (QED) is 0.825. The fourth-order valence-corrected chi connectivity index (χ4v) is 2.03. The molecule has 2 rings (SSSR count). The summed E-state index contributed by atoms with van der Waals surface area (Å²) in [5.41, 5.74) is 1.24. The summed E-state index contributed by atoms with van der Waals surface area (Å²) in [4.78, 5) is 11.8. The average Bonchev–Trinajstić information content (AvgIpc) is 2.31. The van der Waals surface area contributed by atoms with Crippen LogP contribution in [0.3, 0.4) is 0 Å². The van der Waals surface area contributed by atoms with Crippen LogP contribution in [0.15, 0.2) is 12.1 Å². The maximum absolute atomic E-state index is 11.8. The van der Waals surface area contributed by atoms with Crippen LogP contribution in [0.2, 0.25) is 0 Å². The second-order valence-electron chi connectivity index (χ2n) is 4.37. The lowest BCUT2D eigenvalue weighted by atomic mass is 9.95. The Balaban J connectivity index is 1.94. The molecule has 4 heteroatoms. The van der Waals surface area contributed by atoms with Crippen molar-refractivity contribution in [3.05, 3.63) is 23.5 Å². The van der Waals surface area contributed by atoms with Crippen LogP contribution in [-0.4, -0.2) is 22.1 Å². The third-order valence-electron chi connectivity index (χ3n) is 2.97. The van der Waals surface area contributed by atoms with Gasteiger partial charge in [0.25, 0.3) is 5.91 Å². The van der Waals surface area contributed by atoms with Crippen LogP contribution in [-0.2, 0) is 0 Å². The molecule has 0 aliphatic heterocycles. The van der Waals surface area contributed by atoms with Crippen molar-refractivity contribution in [1.29, 1.82) is 0 Å². The number of rotatable bonds is 2. The SMILES string of the molecule is Cc1ccc(C(=O)NC2CCCCC2)nn1. The van der Waals surface area contributed by atoms with Gasteiger partial charge in [0.05, 0.1) is 5.69 Å². The highest BCUT2D eigenvalue weighted by atomic mass is 16.2. The summed E-state index contributed by atoms with van der Waals surface area (Å²) in [5, 5.41) is 10.8. The summed E-state index contributed by atoms with van der Waals surface area (Å²) < 4.78 is 0. The molecule has 16 heavy (non-hydrogen) atoms. The van der Waals surface area contributed by atoms with E-state index in [1.165, 1.54) is 19.3 Å². The van der Waals surface area contributed by atoms with E-state index in [1.54, 1.807) is 6.07 Å². The Bertz CT molecular complexity index is 355. The molecule has 1 saturated carbocycles. The minimum atomic E-state index is -0.0978. The maximum Gasteiger partial charge on any atom is 0.272 e. The molecule has 0 atom stereocenters. The molecule has 0 spiro atoms. The Labute approximate surface area is 95.5 Å². The van der Waals surface area contributed by atoms with E-state index in [9.17, 15) is 4.79 Å². The molecule has 1 aromatic rings. The van der Waals surface area contributed by atoms with E-state index >= 15 is 0 Å². The predicted octanol–water partition coefficient (Wildman–Crippen LogP) is 1.85. The summed E-state index contributed by atoms with van der Waals surface area (Å²) in [6.45, 7) is 1.86. The Kier molecular flexibility index (Phi) is 3.49. The molecule has 86 valence electrons. The smallest absolute Gasteiger partial charge is 0.272 e. The van der Waals surface area contributed by atoms with Crippen molar-refractivity contribution in [3.63, 3.8) is 0 Å². The number of aryl methyl sites for hydroxylation is 1. The molecule has 0 aromatic carbocycles. The van der Waals surface area contributed by atoms with E-state index in [0.29, 0.717) is 11.7 Å². The first-order valence-electron chi connectivity index (χ1n) is 5.87. The minimum absolute atomic E-state index is 0.0978. The van der Waals surface area contributed by atoms with Crippen molar-refractivity contribution in [2.24, 2.45) is 0 Å². The molecule has 1 heterocycles. The molecule has 1 aliphatic rings. The average molecular weight is 219 g/mol. The van der Waals surface area contributed by atoms with E-state index in [4.69, 9.17) is 0 Å². The Morgan fingerprint density at radius 3 is 2.62 bits per heavy atom. The number of aromatic nitrogens is 2. The van der Waals surface area contributed by atoms with Gasteiger partial charge in [-0.3, -0.25) is 4.79 Å². The summed E-state index contributed by atoms with van der Waals surface area (Å²) >= 11 is 0. The van der Waals surface area contributed by atoms with Crippen LogP contribution in [0, 0.1) is 6.92 Å². The van der Waals surface area contributed by atoms with Gasteiger partial charge in [-0.25, -0.2) is 0 Å². The zero-order chi connectivity index (χ0) is 11.4. The molecule has 1 fully saturated rings. The second kappa shape index (κ2) is 5.05. The Morgan fingerprint density at radius 1 is 1.25 bits per heavy atom. The molecular weight excluding hydrogens is 202 g/mol. The van der Waals surface area contributed by atoms with Gasteiger partial charge in [0, 0.05) is 6.04 Å². The van der Waals surface area contributed by atoms with E-state index in [1.807, 2.05) is 13.0 Å². The molecule has 1 aliphatic carbocycles. The van der Waals surface area contributed by atoms with E-state index in [-0.39, 0.29) is 5.91 Å². The molecule has 1 N–H and O–H groups in total. The molecule has 0 bridgehead atoms. The van der Waals surface area contributed by atoms with Crippen LogP contribution in [0.5, 0.6) is 0 Å². The third-order valence-corrected chi connectivity index (χ3v) is 2.97. The van der Waals surface area contributed by atoms with Gasteiger partial charge >= 0.3 is 0 Å². The highest BCUT2D eigenvalue weighted by Crippen LogP contribution is 2.17. The highest BCUT2D eigenvalue weighted by Gasteiger charge is 2.17. The second-order valence-corrected chi connectivity index (χ2v) is 4.37. The standard InChI is InChI=1S/C12H17N3O/c1-9-7-8-11(15-14-9)12(16)13-10-5-3-2-4-6-10/h7-8,10H,2-6H2,1H3,(H,13,16). The fraction of sp³-hybridized carbons (Fsp3) is 0.583. The van der Waals surface area contributed by atoms with Gasteiger partial charge in [-0.15, -0.1) is 5.10 Å². The van der Waals surface area contributed by atoms with Crippen LogP contribution >= 0.6 is 0 Å². The number of hydrogen-bond acceptors (Lipinski definition) is 3. The zero-order valence-electron chi connectivity index (χ0n) is 9.57. The predicted molar refractivity (Wildman–Crippen MR) is 61.1 cm³/mol. The lowest BCUT2D eigenvalue weighted by molar-refractivity contribution is 0.0921. The van der Waals surface area contributed by atoms with E-state index < -0.39 is 0 Å². The van der Waals surface area contributed by atoms with Gasteiger partial charge in [0.1, 0.15) is 0 Å². The summed E-state index contributed by atoms with van der Waals surface area (Å²) in [6.07, 6.45) is 5.89. The molecule has 0 saturated heterocycles. The normalized spacial score (nSPS) is 17.1. The molecule has 4 nitrogen and oxygen atoms in total. The van der Waals surface area contributed by atoms with E-state index in [0.717, 1.165) is 18.5 Å². The first-order valence-corrected chi connectivity index (χ1v) is 5.87. The fourth-order valence-electron chi connectivity index (χ4n) is 2.03. The maximum atomic E-state index is 11.8. The Morgan fingerprint density at radius 2 is 2.00 bits per heavy atom. The topological polar surface area (TPSA) is 54.9 Å². The zero-order valence-corrected chi connectivity index (χ0v) is 9.57. The van der Waals surface area contributed by atoms with Crippen LogP contribution in [0.4, 0.5) is 0 Å². The lowest BCUT2D eigenvalue weighted by Crippen LogP contribution is -2.36. The molecule has 1 aromatic heterocycles. The first kappa shape index (κ1) is 11.0. The third kappa shape index (κ3) is 2.78. The van der Waals surface area contributed by atoms with Crippen molar-refractivity contribution < 1.29 is 4.79 Å². The summed E-state index contributed by atoms with van der Waals surface area (Å²) in [5.74, 6) is -0.0978. The number of nitrogens with zero attached hydrogens (tertiary/aromatic N) is 2. The van der Waals surface area contributed by atoms with Crippen LogP contribution in [0.1, 0.15) is 48.3 Å². The van der Waals surface area contributed by atoms with Gasteiger partial charge in [0.2, 0.25) is 0 Å². The molecular formula is C12H17N3O.